The van der Waals surface area contributed by atoms with Crippen molar-refractivity contribution in [1.82, 2.24) is 10.2 Å². The first-order valence-electron chi connectivity index (χ1n) is 5.06. The van der Waals surface area contributed by atoms with Gasteiger partial charge in [0, 0.05) is 13.1 Å². The Morgan fingerprint density at radius 3 is 2.67 bits per heavy atom. The molecule has 15 heavy (non-hydrogen) atoms. The Hall–Kier alpha value is -1.45. The third-order valence-electron chi connectivity index (χ3n) is 1.95. The highest BCUT2D eigenvalue weighted by Gasteiger charge is 2.11. The molecule has 1 aromatic rings. The first kappa shape index (κ1) is 11.6. The summed E-state index contributed by atoms with van der Waals surface area (Å²) in [5.74, 6) is 1.66. The molecule has 0 unspecified atom stereocenters. The second kappa shape index (κ2) is 4.87. The molecule has 1 rings (SSSR count). The number of urea groups is 1. The van der Waals surface area contributed by atoms with Crippen LogP contribution >= 0.6 is 0 Å². The summed E-state index contributed by atoms with van der Waals surface area (Å²) >= 11 is 0. The number of furan rings is 1. The molecular weight excluding hydrogens is 192 g/mol. The molecule has 0 bridgehead atoms. The largest absolute Gasteiger partial charge is 0.464 e. The zero-order valence-corrected chi connectivity index (χ0v) is 9.70. The number of amides is 2. The van der Waals surface area contributed by atoms with Crippen molar-refractivity contribution < 1.29 is 9.21 Å². The van der Waals surface area contributed by atoms with Crippen molar-refractivity contribution >= 4 is 6.03 Å². The number of nitrogens with one attached hydrogen (secondary N) is 1. The lowest BCUT2D eigenvalue weighted by Crippen LogP contribution is -2.40. The normalized spacial score (nSPS) is 10.5. The van der Waals surface area contributed by atoms with Crippen LogP contribution in [0.15, 0.2) is 16.5 Å². The molecule has 0 spiro atoms. The van der Waals surface area contributed by atoms with Gasteiger partial charge in [-0.3, -0.25) is 0 Å². The number of carbonyl (C=O) groups excluding carboxylic acids is 1. The number of hydrogen-bond acceptors (Lipinski definition) is 2. The minimum Gasteiger partial charge on any atom is -0.464 e. The molecule has 4 heteroatoms. The highest BCUT2D eigenvalue weighted by molar-refractivity contribution is 5.74. The van der Waals surface area contributed by atoms with E-state index in [9.17, 15) is 4.79 Å². The molecule has 0 fully saturated rings. The SMILES string of the molecule is Cc1ccc(CN(C)C(=O)NC(C)C)o1. The van der Waals surface area contributed by atoms with E-state index in [-0.39, 0.29) is 12.1 Å². The van der Waals surface area contributed by atoms with E-state index in [0.29, 0.717) is 6.54 Å². The molecule has 4 nitrogen and oxygen atoms in total. The van der Waals surface area contributed by atoms with E-state index in [1.807, 2.05) is 32.9 Å². The third-order valence-corrected chi connectivity index (χ3v) is 1.95. The maximum atomic E-state index is 11.5. The Kier molecular flexibility index (Phi) is 3.77. The highest BCUT2D eigenvalue weighted by atomic mass is 16.3. The van der Waals surface area contributed by atoms with Crippen LogP contribution in [0, 0.1) is 6.92 Å². The van der Waals surface area contributed by atoms with Gasteiger partial charge in [-0.1, -0.05) is 0 Å². The summed E-state index contributed by atoms with van der Waals surface area (Å²) in [5.41, 5.74) is 0. The number of rotatable bonds is 3. The topological polar surface area (TPSA) is 45.5 Å². The maximum Gasteiger partial charge on any atom is 0.317 e. The average molecular weight is 210 g/mol. The smallest absolute Gasteiger partial charge is 0.317 e. The van der Waals surface area contributed by atoms with Crippen LogP contribution in [0.1, 0.15) is 25.4 Å². The molecular formula is C11H18N2O2. The van der Waals surface area contributed by atoms with Crippen LogP contribution < -0.4 is 5.32 Å². The zero-order valence-electron chi connectivity index (χ0n) is 9.70. The number of carbonyl (C=O) groups is 1. The van der Waals surface area contributed by atoms with E-state index < -0.39 is 0 Å². The summed E-state index contributed by atoms with van der Waals surface area (Å²) in [7, 11) is 1.75. The Labute approximate surface area is 90.3 Å². The summed E-state index contributed by atoms with van der Waals surface area (Å²) in [4.78, 5) is 13.1. The predicted octanol–water partition coefficient (Wildman–Crippen LogP) is 2.14. The summed E-state index contributed by atoms with van der Waals surface area (Å²) in [5, 5.41) is 2.81. The molecule has 0 saturated carbocycles. The first-order valence-corrected chi connectivity index (χ1v) is 5.06. The Balaban J connectivity index is 2.48. The molecule has 1 heterocycles. The molecule has 0 radical (unpaired) electrons. The van der Waals surface area contributed by atoms with Crippen molar-refractivity contribution in [3.05, 3.63) is 23.7 Å². The van der Waals surface area contributed by atoms with Crippen LogP contribution in [-0.4, -0.2) is 24.0 Å². The summed E-state index contributed by atoms with van der Waals surface area (Å²) in [6.45, 7) is 6.25. The Bertz CT molecular complexity index is 331. The summed E-state index contributed by atoms with van der Waals surface area (Å²) in [6, 6.07) is 3.84. The molecule has 0 atom stereocenters. The Morgan fingerprint density at radius 2 is 2.20 bits per heavy atom. The number of nitrogens with zero attached hydrogens (tertiary/aromatic N) is 1. The predicted molar refractivity (Wildman–Crippen MR) is 58.6 cm³/mol. The quantitative estimate of drug-likeness (QED) is 0.830. The van der Waals surface area contributed by atoms with E-state index in [4.69, 9.17) is 4.42 Å². The minimum atomic E-state index is -0.0842. The van der Waals surface area contributed by atoms with Crippen LogP contribution in [0.3, 0.4) is 0 Å². The lowest BCUT2D eigenvalue weighted by Gasteiger charge is -2.18. The molecule has 1 aromatic heterocycles. The van der Waals surface area contributed by atoms with Gasteiger partial charge in [0.05, 0.1) is 6.54 Å². The molecule has 0 aliphatic rings. The second-order valence-electron chi connectivity index (χ2n) is 3.97. The maximum absolute atomic E-state index is 11.5. The van der Waals surface area contributed by atoms with Crippen LogP contribution in [0.4, 0.5) is 4.79 Å². The monoisotopic (exact) mass is 210 g/mol. The lowest BCUT2D eigenvalue weighted by atomic mass is 10.4. The van der Waals surface area contributed by atoms with Gasteiger partial charge in [-0.05, 0) is 32.9 Å². The molecule has 0 aromatic carbocycles. The van der Waals surface area contributed by atoms with Crippen molar-refractivity contribution in [1.29, 1.82) is 0 Å². The van der Waals surface area contributed by atoms with Crippen molar-refractivity contribution in [2.45, 2.75) is 33.4 Å². The van der Waals surface area contributed by atoms with E-state index in [0.717, 1.165) is 11.5 Å². The second-order valence-corrected chi connectivity index (χ2v) is 3.97. The van der Waals surface area contributed by atoms with Crippen LogP contribution in [0.5, 0.6) is 0 Å². The van der Waals surface area contributed by atoms with Crippen molar-refractivity contribution in [2.75, 3.05) is 7.05 Å². The van der Waals surface area contributed by atoms with Gasteiger partial charge in [0.2, 0.25) is 0 Å². The summed E-state index contributed by atoms with van der Waals surface area (Å²) < 4.78 is 5.39. The lowest BCUT2D eigenvalue weighted by molar-refractivity contribution is 0.200. The molecule has 0 aliphatic carbocycles. The molecule has 1 N–H and O–H groups in total. The van der Waals surface area contributed by atoms with E-state index in [1.165, 1.54) is 0 Å². The van der Waals surface area contributed by atoms with Crippen LogP contribution in [0.2, 0.25) is 0 Å². The van der Waals surface area contributed by atoms with Crippen LogP contribution in [0.25, 0.3) is 0 Å². The van der Waals surface area contributed by atoms with Gasteiger partial charge in [-0.2, -0.15) is 0 Å². The van der Waals surface area contributed by atoms with Gasteiger partial charge >= 0.3 is 6.03 Å². The fourth-order valence-electron chi connectivity index (χ4n) is 1.23. The molecule has 84 valence electrons. The van der Waals surface area contributed by atoms with Crippen LogP contribution in [-0.2, 0) is 6.54 Å². The first-order chi connectivity index (χ1) is 6.99. The van der Waals surface area contributed by atoms with Gasteiger partial charge in [-0.25, -0.2) is 4.79 Å². The van der Waals surface area contributed by atoms with Gasteiger partial charge in [0.1, 0.15) is 11.5 Å². The summed E-state index contributed by atoms with van der Waals surface area (Å²) in [6.07, 6.45) is 0. The molecule has 2 amide bonds. The van der Waals surface area contributed by atoms with Gasteiger partial charge in [-0.15, -0.1) is 0 Å². The Morgan fingerprint density at radius 1 is 1.53 bits per heavy atom. The minimum absolute atomic E-state index is 0.0842. The van der Waals surface area contributed by atoms with Crippen molar-refractivity contribution in [3.63, 3.8) is 0 Å². The molecule has 0 aliphatic heterocycles. The van der Waals surface area contributed by atoms with Gasteiger partial charge in [0.25, 0.3) is 0 Å². The number of aryl methyl sites for hydroxylation is 1. The van der Waals surface area contributed by atoms with E-state index in [1.54, 1.807) is 11.9 Å². The van der Waals surface area contributed by atoms with Gasteiger partial charge in [0.15, 0.2) is 0 Å². The average Bonchev–Trinajstić information content (AvgIpc) is 2.50. The number of hydrogen-bond donors (Lipinski definition) is 1. The standard InChI is InChI=1S/C11H18N2O2/c1-8(2)12-11(14)13(4)7-10-6-5-9(3)15-10/h5-6,8H,7H2,1-4H3,(H,12,14). The fourth-order valence-corrected chi connectivity index (χ4v) is 1.23. The highest BCUT2D eigenvalue weighted by Crippen LogP contribution is 2.08. The fraction of sp³-hybridized carbons (Fsp3) is 0.545. The van der Waals surface area contributed by atoms with Gasteiger partial charge < -0.3 is 14.6 Å². The molecule has 0 saturated heterocycles. The zero-order chi connectivity index (χ0) is 11.4. The van der Waals surface area contributed by atoms with E-state index in [2.05, 4.69) is 5.32 Å². The van der Waals surface area contributed by atoms with Crippen molar-refractivity contribution in [2.24, 2.45) is 0 Å². The third kappa shape index (κ3) is 3.65. The van der Waals surface area contributed by atoms with E-state index >= 15 is 0 Å². The van der Waals surface area contributed by atoms with Crippen molar-refractivity contribution in [3.8, 4) is 0 Å².